The third-order valence-corrected chi connectivity index (χ3v) is 7.72. The minimum Gasteiger partial charge on any atom is -0.506 e. The van der Waals surface area contributed by atoms with Crippen LogP contribution in [0.5, 0.6) is 40.2 Å². The molecule has 0 spiro atoms. The lowest BCUT2D eigenvalue weighted by molar-refractivity contribution is 0.00771. The normalized spacial score (nSPS) is 14.9. The highest BCUT2D eigenvalue weighted by Gasteiger charge is 2.41. The van der Waals surface area contributed by atoms with E-state index in [1.165, 1.54) is 33.5 Å². The van der Waals surface area contributed by atoms with Crippen LogP contribution >= 0.6 is 0 Å². The lowest BCUT2D eigenvalue weighted by Crippen LogP contribution is -2.18. The average Bonchev–Trinajstić information content (AvgIpc) is 3.57. The Morgan fingerprint density at radius 2 is 1.28 bits per heavy atom. The molecule has 1 atom stereocenters. The van der Waals surface area contributed by atoms with E-state index in [2.05, 4.69) is 0 Å². The Morgan fingerprint density at radius 3 is 1.83 bits per heavy atom. The van der Waals surface area contributed by atoms with E-state index in [0.29, 0.717) is 33.9 Å². The maximum Gasteiger partial charge on any atom is 0.511 e. The third-order valence-electron chi connectivity index (χ3n) is 7.72. The first-order valence-corrected chi connectivity index (χ1v) is 13.9. The van der Waals surface area contributed by atoms with Gasteiger partial charge in [-0.2, -0.15) is 0 Å². The number of fused-ring (bicyclic) bond motifs is 4. The van der Waals surface area contributed by atoms with Crippen molar-refractivity contribution >= 4 is 39.6 Å². The monoisotopic (exact) mass is 636 g/mol. The molecule has 242 valence electrons. The lowest BCUT2D eigenvalue weighted by atomic mass is 9.83. The average molecular weight is 637 g/mol. The number of benzene rings is 4. The number of carboxylic acid groups (broad SMARTS) is 1. The molecule has 6 rings (SSSR count). The Bertz CT molecular complexity index is 1920. The number of hydrogen-bond donors (Lipinski definition) is 3. The van der Waals surface area contributed by atoms with Crippen LogP contribution in [-0.2, 0) is 16.1 Å². The zero-order chi connectivity index (χ0) is 33.7. The molecule has 0 aliphatic carbocycles. The second-order valence-corrected chi connectivity index (χ2v) is 11.5. The van der Waals surface area contributed by atoms with Gasteiger partial charge in [0.2, 0.25) is 0 Å². The van der Waals surface area contributed by atoms with Gasteiger partial charge in [-0.25, -0.2) is 14.4 Å². The largest absolute Gasteiger partial charge is 0.511 e. The van der Waals surface area contributed by atoms with Crippen LogP contribution in [0, 0.1) is 5.41 Å². The summed E-state index contributed by atoms with van der Waals surface area (Å²) in [6.45, 7) is 5.80. The van der Waals surface area contributed by atoms with Crippen molar-refractivity contribution in [3.63, 3.8) is 0 Å². The first-order valence-electron chi connectivity index (χ1n) is 13.9. The summed E-state index contributed by atoms with van der Waals surface area (Å²) in [6.07, 6.45) is -1.94. The van der Waals surface area contributed by atoms with Crippen molar-refractivity contribution in [2.24, 2.45) is 5.41 Å². The van der Waals surface area contributed by atoms with E-state index in [0.717, 1.165) is 5.39 Å². The number of phenols is 2. The Kier molecular flexibility index (Phi) is 8.11. The smallest absolute Gasteiger partial charge is 0.506 e. The molecule has 4 aromatic rings. The molecule has 0 saturated carbocycles. The molecule has 13 nitrogen and oxygen atoms in total. The predicted molar refractivity (Wildman–Crippen MR) is 163 cm³/mol. The number of cyclic esters (lactones) is 2. The highest BCUT2D eigenvalue weighted by atomic mass is 16.7. The number of phenolic OH excluding ortho intramolecular Hbond substituents is 2. The van der Waals surface area contributed by atoms with Crippen molar-refractivity contribution in [3.8, 4) is 40.2 Å². The van der Waals surface area contributed by atoms with Crippen LogP contribution in [0.3, 0.4) is 0 Å². The van der Waals surface area contributed by atoms with E-state index in [4.69, 9.17) is 38.3 Å². The first-order chi connectivity index (χ1) is 21.7. The summed E-state index contributed by atoms with van der Waals surface area (Å²) in [7, 11) is 5.91. The van der Waals surface area contributed by atoms with Gasteiger partial charge in [-0.15, -0.1) is 0 Å². The third kappa shape index (κ3) is 5.23. The van der Waals surface area contributed by atoms with E-state index < -0.39 is 24.2 Å². The van der Waals surface area contributed by atoms with Gasteiger partial charge in [-0.05, 0) is 35.7 Å². The van der Waals surface area contributed by atoms with E-state index in [-0.39, 0.29) is 56.7 Å². The summed E-state index contributed by atoms with van der Waals surface area (Å²) >= 11 is 0. The molecule has 3 N–H and O–H groups in total. The molecule has 46 heavy (non-hydrogen) atoms. The molecule has 2 aliphatic rings. The molecular formula is C33H32O13. The number of rotatable bonds is 5. The highest BCUT2D eigenvalue weighted by Crippen LogP contribution is 2.50. The molecule has 13 heteroatoms. The zero-order valence-electron chi connectivity index (χ0n) is 26.1. The molecule has 0 saturated heterocycles. The van der Waals surface area contributed by atoms with Crippen LogP contribution in [-0.4, -0.2) is 61.9 Å². The quantitative estimate of drug-likeness (QED) is 0.169. The Balaban J connectivity index is 0.000000181. The van der Waals surface area contributed by atoms with Gasteiger partial charge < -0.3 is 48.5 Å². The molecule has 0 aromatic heterocycles. The SMILES string of the molecule is COc1cc2c(O)c3c(c(OC(=O)O)c2cc1OC)COC3=O.COc1cc2cc3c(c(O)c2cc1OC)C(=O)OC3C(C)(C)C. The van der Waals surface area contributed by atoms with Crippen molar-refractivity contribution < 1.29 is 62.9 Å². The van der Waals surface area contributed by atoms with Crippen LogP contribution in [0.1, 0.15) is 58.7 Å². The van der Waals surface area contributed by atoms with Gasteiger partial charge in [0.1, 0.15) is 41.1 Å². The van der Waals surface area contributed by atoms with Crippen LogP contribution < -0.4 is 23.7 Å². The molecule has 0 radical (unpaired) electrons. The molecule has 0 fully saturated rings. The lowest BCUT2D eigenvalue weighted by Gasteiger charge is -2.26. The van der Waals surface area contributed by atoms with E-state index in [9.17, 15) is 24.6 Å². The van der Waals surface area contributed by atoms with Crippen LogP contribution in [0.15, 0.2) is 30.3 Å². The fourth-order valence-corrected chi connectivity index (χ4v) is 5.61. The summed E-state index contributed by atoms with van der Waals surface area (Å²) in [5.41, 5.74) is 0.748. The van der Waals surface area contributed by atoms with Crippen LogP contribution in [0.4, 0.5) is 4.79 Å². The summed E-state index contributed by atoms with van der Waals surface area (Å²) in [4.78, 5) is 35.0. The van der Waals surface area contributed by atoms with E-state index in [1.807, 2.05) is 26.8 Å². The fourth-order valence-electron chi connectivity index (χ4n) is 5.61. The van der Waals surface area contributed by atoms with Crippen LogP contribution in [0.2, 0.25) is 0 Å². The Labute approximate surface area is 262 Å². The molecule has 2 heterocycles. The van der Waals surface area contributed by atoms with Crippen molar-refractivity contribution in [1.82, 2.24) is 0 Å². The number of aromatic hydroxyl groups is 2. The number of hydrogen-bond acceptors (Lipinski definition) is 12. The number of carbonyl (C=O) groups is 3. The van der Waals surface area contributed by atoms with Gasteiger partial charge in [-0.1, -0.05) is 20.8 Å². The minimum absolute atomic E-state index is 0.0739. The van der Waals surface area contributed by atoms with Crippen molar-refractivity contribution in [1.29, 1.82) is 0 Å². The molecule has 2 aliphatic heterocycles. The first kappa shape index (κ1) is 31.8. The fraction of sp³-hybridized carbons (Fsp3) is 0.303. The second kappa shape index (κ2) is 11.7. The van der Waals surface area contributed by atoms with Gasteiger partial charge >= 0.3 is 18.1 Å². The van der Waals surface area contributed by atoms with Crippen molar-refractivity contribution in [3.05, 3.63) is 52.6 Å². The van der Waals surface area contributed by atoms with Crippen molar-refractivity contribution in [2.75, 3.05) is 28.4 Å². The van der Waals surface area contributed by atoms with Gasteiger partial charge in [-0.3, -0.25) is 0 Å². The number of ether oxygens (including phenoxy) is 7. The molecule has 0 amide bonds. The summed E-state index contributed by atoms with van der Waals surface area (Å²) in [5, 5.41) is 31.7. The van der Waals surface area contributed by atoms with Gasteiger partial charge in [0.25, 0.3) is 0 Å². The number of esters is 2. The molecule has 0 bridgehead atoms. The summed E-state index contributed by atoms with van der Waals surface area (Å²) in [5.74, 6) is -0.0226. The second-order valence-electron chi connectivity index (χ2n) is 11.5. The van der Waals surface area contributed by atoms with E-state index in [1.54, 1.807) is 19.2 Å². The van der Waals surface area contributed by atoms with Gasteiger partial charge in [0.05, 0.1) is 34.0 Å². The maximum absolute atomic E-state index is 12.2. The molecule has 1 unspecified atom stereocenters. The zero-order valence-corrected chi connectivity index (χ0v) is 26.1. The summed E-state index contributed by atoms with van der Waals surface area (Å²) < 4.78 is 36.1. The molecular weight excluding hydrogens is 604 g/mol. The predicted octanol–water partition coefficient (Wildman–Crippen LogP) is 6.11. The summed E-state index contributed by atoms with van der Waals surface area (Å²) in [6, 6.07) is 8.24. The standard InChI is InChI=1S/C18H20O5.C15H12O8/c1-18(2,3)16-11-6-9-7-12(21-4)13(22-5)8-10(9)15(19)14(11)17(20)23-16;1-20-9-3-6-7(4-10(9)21-2)13(23-15(18)19)8-5-22-14(17)11(8)12(6)16/h6-8,16,19H,1-5H3;3-4,16H,5H2,1-2H3,(H,18,19). The Morgan fingerprint density at radius 1 is 0.761 bits per heavy atom. The minimum atomic E-state index is -1.55. The topological polar surface area (TPSA) is 177 Å². The maximum atomic E-state index is 12.2. The highest BCUT2D eigenvalue weighted by molar-refractivity contribution is 6.09. The van der Waals surface area contributed by atoms with Gasteiger partial charge in [0.15, 0.2) is 23.0 Å². The van der Waals surface area contributed by atoms with Crippen molar-refractivity contribution in [2.45, 2.75) is 33.5 Å². The molecule has 4 aromatic carbocycles. The van der Waals surface area contributed by atoms with Crippen LogP contribution in [0.25, 0.3) is 21.5 Å². The number of carbonyl (C=O) groups excluding carboxylic acids is 2. The van der Waals surface area contributed by atoms with E-state index >= 15 is 0 Å². The van der Waals surface area contributed by atoms with Gasteiger partial charge in [0, 0.05) is 27.1 Å². The Hall–Kier alpha value is -5.59. The number of methoxy groups -OCH3 is 4.